The number of alkyl halides is 3. The van der Waals surface area contributed by atoms with Gasteiger partial charge in [-0.25, -0.2) is 0 Å². The van der Waals surface area contributed by atoms with Crippen LogP contribution in [0.2, 0.25) is 0 Å². The van der Waals surface area contributed by atoms with Crippen LogP contribution in [0.15, 0.2) is 29.3 Å². The molecule has 0 radical (unpaired) electrons. The van der Waals surface area contributed by atoms with Gasteiger partial charge in [0.2, 0.25) is 0 Å². The second kappa shape index (κ2) is 10.2. The summed E-state index contributed by atoms with van der Waals surface area (Å²) in [4.78, 5) is 4.15. The summed E-state index contributed by atoms with van der Waals surface area (Å²) in [7, 11) is 1.65. The molecule has 0 aliphatic heterocycles. The van der Waals surface area contributed by atoms with Crippen molar-refractivity contribution in [3.8, 4) is 5.75 Å². The number of halogens is 3. The van der Waals surface area contributed by atoms with Gasteiger partial charge in [0.15, 0.2) is 12.6 Å². The summed E-state index contributed by atoms with van der Waals surface area (Å²) < 4.78 is 44.4. The van der Waals surface area contributed by atoms with Crippen molar-refractivity contribution in [1.82, 2.24) is 20.4 Å². The SMILES string of the molecule is CN=C(NCCCn1nc(C)cc1C)NCc1ccc(C)cc1OCC(F)(F)F. The molecule has 0 spiro atoms. The molecule has 1 aromatic heterocycles. The quantitative estimate of drug-likeness (QED) is 0.397. The van der Waals surface area contributed by atoms with E-state index in [1.165, 1.54) is 0 Å². The second-order valence-corrected chi connectivity index (χ2v) is 6.87. The molecule has 160 valence electrons. The molecule has 0 aliphatic rings. The van der Waals surface area contributed by atoms with Crippen LogP contribution in [0, 0.1) is 20.8 Å². The lowest BCUT2D eigenvalue weighted by Crippen LogP contribution is -2.37. The van der Waals surface area contributed by atoms with Crippen molar-refractivity contribution < 1.29 is 17.9 Å². The predicted molar refractivity (Wildman–Crippen MR) is 107 cm³/mol. The van der Waals surface area contributed by atoms with Crippen LogP contribution in [0.3, 0.4) is 0 Å². The molecule has 2 aromatic rings. The van der Waals surface area contributed by atoms with Gasteiger partial charge in [-0.1, -0.05) is 12.1 Å². The zero-order valence-corrected chi connectivity index (χ0v) is 17.2. The molecule has 0 saturated carbocycles. The normalized spacial score (nSPS) is 12.2. The number of benzene rings is 1. The summed E-state index contributed by atoms with van der Waals surface area (Å²) in [6, 6.07) is 7.23. The Labute approximate surface area is 169 Å². The van der Waals surface area contributed by atoms with Crippen molar-refractivity contribution in [3.63, 3.8) is 0 Å². The molecule has 1 aromatic carbocycles. The summed E-state index contributed by atoms with van der Waals surface area (Å²) in [5.41, 5.74) is 3.58. The van der Waals surface area contributed by atoms with Gasteiger partial charge >= 0.3 is 6.18 Å². The average molecular weight is 411 g/mol. The number of aromatic nitrogens is 2. The first-order valence-corrected chi connectivity index (χ1v) is 9.42. The minimum atomic E-state index is -4.38. The van der Waals surface area contributed by atoms with Gasteiger partial charge in [-0.3, -0.25) is 9.67 Å². The number of nitrogens with zero attached hydrogens (tertiary/aromatic N) is 3. The third-order valence-electron chi connectivity index (χ3n) is 4.23. The molecule has 2 N–H and O–H groups in total. The van der Waals surface area contributed by atoms with Crippen molar-refractivity contribution in [1.29, 1.82) is 0 Å². The van der Waals surface area contributed by atoms with Crippen molar-refractivity contribution in [2.24, 2.45) is 4.99 Å². The maximum absolute atomic E-state index is 12.5. The van der Waals surface area contributed by atoms with Gasteiger partial charge in [-0.15, -0.1) is 0 Å². The first-order valence-electron chi connectivity index (χ1n) is 9.42. The second-order valence-electron chi connectivity index (χ2n) is 6.87. The van der Waals surface area contributed by atoms with Crippen LogP contribution in [0.1, 0.15) is 28.9 Å². The van der Waals surface area contributed by atoms with Gasteiger partial charge in [-0.05, 0) is 44.9 Å². The molecule has 0 atom stereocenters. The van der Waals surface area contributed by atoms with Crippen molar-refractivity contribution in [3.05, 3.63) is 46.8 Å². The van der Waals surface area contributed by atoms with E-state index in [2.05, 4.69) is 20.7 Å². The summed E-state index contributed by atoms with van der Waals surface area (Å²) in [5.74, 6) is 0.788. The lowest BCUT2D eigenvalue weighted by atomic mass is 10.1. The zero-order chi connectivity index (χ0) is 21.4. The van der Waals surface area contributed by atoms with E-state index >= 15 is 0 Å². The zero-order valence-electron chi connectivity index (χ0n) is 17.2. The van der Waals surface area contributed by atoms with Gasteiger partial charge in [0, 0.05) is 37.9 Å². The van der Waals surface area contributed by atoms with E-state index in [0.717, 1.165) is 29.9 Å². The number of aryl methyl sites for hydroxylation is 4. The Morgan fingerprint density at radius 3 is 2.55 bits per heavy atom. The fraction of sp³-hybridized carbons (Fsp3) is 0.500. The first-order chi connectivity index (χ1) is 13.7. The van der Waals surface area contributed by atoms with Crippen LogP contribution in [-0.2, 0) is 13.1 Å². The molecule has 1 heterocycles. The van der Waals surface area contributed by atoms with E-state index < -0.39 is 12.8 Å². The molecule has 6 nitrogen and oxygen atoms in total. The Morgan fingerprint density at radius 2 is 1.93 bits per heavy atom. The van der Waals surface area contributed by atoms with Crippen molar-refractivity contribution >= 4 is 5.96 Å². The Balaban J connectivity index is 1.84. The molecule has 0 saturated heterocycles. The van der Waals surface area contributed by atoms with Crippen molar-refractivity contribution in [2.45, 2.75) is 46.5 Å². The van der Waals surface area contributed by atoms with Crippen LogP contribution < -0.4 is 15.4 Å². The summed E-state index contributed by atoms with van der Waals surface area (Å²) in [6.07, 6.45) is -3.52. The molecular weight excluding hydrogens is 383 g/mol. The maximum atomic E-state index is 12.5. The predicted octanol–water partition coefficient (Wildman–Crippen LogP) is 3.50. The van der Waals surface area contributed by atoms with Crippen molar-refractivity contribution in [2.75, 3.05) is 20.2 Å². The Hall–Kier alpha value is -2.71. The fourth-order valence-electron chi connectivity index (χ4n) is 2.84. The highest BCUT2D eigenvalue weighted by Gasteiger charge is 2.28. The monoisotopic (exact) mass is 411 g/mol. The van der Waals surface area contributed by atoms with Crippen LogP contribution in [-0.4, -0.2) is 42.1 Å². The highest BCUT2D eigenvalue weighted by Crippen LogP contribution is 2.23. The largest absolute Gasteiger partial charge is 0.484 e. The maximum Gasteiger partial charge on any atom is 0.422 e. The Kier molecular flexibility index (Phi) is 7.92. The molecule has 0 aliphatic carbocycles. The number of guanidine groups is 1. The molecule has 9 heteroatoms. The number of rotatable bonds is 8. The molecule has 0 fully saturated rings. The van der Waals surface area contributed by atoms with E-state index in [-0.39, 0.29) is 5.75 Å². The van der Waals surface area contributed by atoms with E-state index in [1.807, 2.05) is 30.7 Å². The number of hydrogen-bond acceptors (Lipinski definition) is 3. The van der Waals surface area contributed by atoms with Gasteiger partial charge in [-0.2, -0.15) is 18.3 Å². The molecule has 2 rings (SSSR count). The van der Waals surface area contributed by atoms with Crippen LogP contribution in [0.4, 0.5) is 13.2 Å². The molecule has 0 bridgehead atoms. The molecule has 0 unspecified atom stereocenters. The topological polar surface area (TPSA) is 63.5 Å². The summed E-state index contributed by atoms with van der Waals surface area (Å²) in [6.45, 7) is 6.24. The third kappa shape index (κ3) is 7.67. The molecule has 0 amide bonds. The number of ether oxygens (including phenoxy) is 1. The number of aliphatic imine (C=N–C) groups is 1. The highest BCUT2D eigenvalue weighted by molar-refractivity contribution is 5.79. The minimum absolute atomic E-state index is 0.217. The van der Waals surface area contributed by atoms with Gasteiger partial charge in [0.1, 0.15) is 5.75 Å². The fourth-order valence-corrected chi connectivity index (χ4v) is 2.84. The van der Waals surface area contributed by atoms with E-state index in [1.54, 1.807) is 26.1 Å². The smallest absolute Gasteiger partial charge is 0.422 e. The Bertz CT molecular complexity index is 830. The first kappa shape index (κ1) is 22.6. The van der Waals surface area contributed by atoms with Gasteiger partial charge in [0.25, 0.3) is 0 Å². The van der Waals surface area contributed by atoms with Crippen LogP contribution in [0.5, 0.6) is 5.75 Å². The standard InChI is InChI=1S/C20H28F3N5O/c1-14-6-7-17(18(10-14)29-13-20(21,22)23)12-26-19(24-4)25-8-5-9-28-16(3)11-15(2)27-28/h6-7,10-11H,5,8-9,12-13H2,1-4H3,(H2,24,25,26). The lowest BCUT2D eigenvalue weighted by Gasteiger charge is -2.16. The van der Waals surface area contributed by atoms with Crippen LogP contribution in [0.25, 0.3) is 0 Å². The van der Waals surface area contributed by atoms with Crippen LogP contribution >= 0.6 is 0 Å². The van der Waals surface area contributed by atoms with Gasteiger partial charge < -0.3 is 15.4 Å². The third-order valence-corrected chi connectivity index (χ3v) is 4.23. The molecule has 29 heavy (non-hydrogen) atoms. The number of hydrogen-bond donors (Lipinski definition) is 2. The van der Waals surface area contributed by atoms with E-state index in [9.17, 15) is 13.2 Å². The molecular formula is C20H28F3N5O. The Morgan fingerprint density at radius 1 is 1.17 bits per heavy atom. The minimum Gasteiger partial charge on any atom is -0.484 e. The summed E-state index contributed by atoms with van der Waals surface area (Å²) in [5, 5.41) is 10.7. The van der Waals surface area contributed by atoms with Gasteiger partial charge in [0.05, 0.1) is 5.69 Å². The van der Waals surface area contributed by atoms with E-state index in [0.29, 0.717) is 24.6 Å². The highest BCUT2D eigenvalue weighted by atomic mass is 19.4. The number of nitrogens with one attached hydrogen (secondary N) is 2. The van der Waals surface area contributed by atoms with E-state index in [4.69, 9.17) is 4.74 Å². The average Bonchev–Trinajstić information content (AvgIpc) is 2.97. The summed E-state index contributed by atoms with van der Waals surface area (Å²) >= 11 is 0. The lowest BCUT2D eigenvalue weighted by molar-refractivity contribution is -0.153.